The molecule has 0 aliphatic heterocycles. The van der Waals surface area contributed by atoms with Gasteiger partial charge < -0.3 is 34.9 Å². The second-order valence-electron chi connectivity index (χ2n) is 24.4. The van der Waals surface area contributed by atoms with E-state index in [4.69, 9.17) is 109 Å². The molecule has 0 saturated heterocycles. The van der Waals surface area contributed by atoms with Crippen molar-refractivity contribution in [2.45, 2.75) is 47.1 Å². The molecule has 18 bridgehead atoms. The summed E-state index contributed by atoms with van der Waals surface area (Å²) in [6, 6.07) is 76.5. The Kier molecular flexibility index (Phi) is 24.5. The molecule has 13 aromatic heterocycles. The Hall–Kier alpha value is -9.56. The number of pyridine rings is 4. The van der Waals surface area contributed by atoms with Gasteiger partial charge in [0.15, 0.2) is 25.7 Å². The maximum Gasteiger partial charge on any atom is 2.00 e. The van der Waals surface area contributed by atoms with Gasteiger partial charge in [0.1, 0.15) is 0 Å². The number of alkyl halides is 6. The largest absolute Gasteiger partial charge is 2.00 e. The Labute approximate surface area is 643 Å². The number of hydrogen-bond acceptors (Lipinski definition) is 6. The molecule has 19 rings (SSSR count). The second kappa shape index (κ2) is 34.4. The maximum atomic E-state index is 7.32. The number of ether oxygens (including phenoxy) is 2. The van der Waals surface area contributed by atoms with Crippen LogP contribution in [0.2, 0.25) is 0 Å². The van der Waals surface area contributed by atoms with Crippen molar-refractivity contribution in [3.05, 3.63) is 291 Å². The Balaban J connectivity index is 0.000000970. The number of hydrogen-bond donors (Lipinski definition) is 0. The van der Waals surface area contributed by atoms with E-state index in [-0.39, 0.29) is 25.0 Å². The Morgan fingerprint density at radius 2 is 0.808 bits per heavy atom. The molecular weight excluding hydrogens is 1470 g/mol. The van der Waals surface area contributed by atoms with Gasteiger partial charge in [-0.15, -0.1) is 25.3 Å². The number of nitrogens with zero attached hydrogens (tertiary/aromatic N) is 8. The third-order valence-electron chi connectivity index (χ3n) is 17.9. The van der Waals surface area contributed by atoms with E-state index in [2.05, 4.69) is 229 Å². The fourth-order valence-corrected chi connectivity index (χ4v) is 13.4. The average molecular weight is 1540 g/mol. The van der Waals surface area contributed by atoms with Gasteiger partial charge in [-0.05, 0) is 150 Å². The molecule has 512 valence electrons. The molecule has 2 N–H and O–H groups in total. The molecule has 0 saturated carbocycles. The van der Waals surface area contributed by atoms with Crippen molar-refractivity contribution in [3.8, 4) is 22.6 Å². The summed E-state index contributed by atoms with van der Waals surface area (Å²) in [5, 5.41) is 11.8. The van der Waals surface area contributed by atoms with Crippen molar-refractivity contribution >= 4 is 200 Å². The summed E-state index contributed by atoms with van der Waals surface area (Å²) in [6.07, 6.45) is 15.4. The monoisotopic (exact) mass is 1530 g/mol. The number of allylic oxidation sites excluding steroid dienone is 2. The first-order valence-corrected chi connectivity index (χ1v) is 36.0. The van der Waals surface area contributed by atoms with E-state index in [0.717, 1.165) is 179 Å². The molecule has 0 radical (unpaired) electrons. The number of aromatic nitrogens is 8. The molecule has 13 heterocycles. The smallest absolute Gasteiger partial charge is 0.665 e. The summed E-state index contributed by atoms with van der Waals surface area (Å²) >= 11 is 28.8. The van der Waals surface area contributed by atoms with Crippen LogP contribution in [-0.4, -0.2) is 47.2 Å². The van der Waals surface area contributed by atoms with Crippen molar-refractivity contribution in [2.75, 3.05) is 13.2 Å². The zero-order chi connectivity index (χ0) is 70.1. The van der Waals surface area contributed by atoms with Gasteiger partial charge in [0.05, 0.1) is 56.8 Å². The number of halogens is 6. The van der Waals surface area contributed by atoms with Crippen LogP contribution in [0.4, 0.5) is 0 Å². The molecule has 0 fully saturated rings. The summed E-state index contributed by atoms with van der Waals surface area (Å²) in [6.45, 7) is 9.41. The van der Waals surface area contributed by atoms with Gasteiger partial charge in [-0.2, -0.15) is 6.07 Å². The molecule has 0 atom stereocenters. The van der Waals surface area contributed by atoms with Crippen LogP contribution in [0.1, 0.15) is 35.1 Å². The van der Waals surface area contributed by atoms with Crippen LogP contribution >= 0.6 is 69.6 Å². The van der Waals surface area contributed by atoms with Crippen LogP contribution in [0.15, 0.2) is 268 Å². The molecule has 0 aliphatic rings. The Morgan fingerprint density at radius 3 is 1.22 bits per heavy atom. The number of fused-ring (bicyclic) bond motifs is 2. The van der Waals surface area contributed by atoms with Crippen molar-refractivity contribution < 1.29 is 34.4 Å². The topological polar surface area (TPSA) is 158 Å². The first-order chi connectivity index (χ1) is 49.9. The van der Waals surface area contributed by atoms with Gasteiger partial charge in [0.25, 0.3) is 0 Å². The van der Waals surface area contributed by atoms with Gasteiger partial charge in [0, 0.05) is 134 Å². The van der Waals surface area contributed by atoms with Crippen LogP contribution in [0.5, 0.6) is 11.5 Å². The van der Waals surface area contributed by atoms with E-state index in [1.54, 1.807) is 0 Å². The fourth-order valence-electron chi connectivity index (χ4n) is 13.4. The third-order valence-corrected chi connectivity index (χ3v) is 17.9. The number of rotatable bonds is 15. The molecule has 11 nitrogen and oxygen atoms in total. The van der Waals surface area contributed by atoms with Crippen LogP contribution in [0, 0.1) is 0 Å². The van der Waals surface area contributed by atoms with Gasteiger partial charge in [0.2, 0.25) is 0 Å². The zero-order valence-corrected chi connectivity index (χ0v) is 63.8. The van der Waals surface area contributed by atoms with Gasteiger partial charge in [-0.25, -0.2) is 21.0 Å². The fraction of sp³-hybridized carbons (Fsp3) is 0.116. The minimum atomic E-state index is -0.750. The normalized spacial score (nSPS) is 11.2. The van der Waals surface area contributed by atoms with Gasteiger partial charge in [-0.1, -0.05) is 166 Å². The Morgan fingerprint density at radius 1 is 0.433 bits per heavy atom. The van der Waals surface area contributed by atoms with Gasteiger partial charge in [-0.3, -0.25) is 9.97 Å². The molecule has 104 heavy (non-hydrogen) atoms. The second-order valence-corrected chi connectivity index (χ2v) is 28.4. The van der Waals surface area contributed by atoms with Crippen molar-refractivity contribution in [1.82, 2.24) is 39.9 Å². The summed E-state index contributed by atoms with van der Waals surface area (Å²) in [5.74, 6) is 1.36. The molecule has 6 aromatic carbocycles. The van der Waals surface area contributed by atoms with E-state index in [1.807, 2.05) is 49.1 Å². The summed E-state index contributed by atoms with van der Waals surface area (Å²) < 4.78 is 13.1. The molecule has 19 aromatic rings. The number of benzene rings is 6. The molecule has 0 aliphatic carbocycles. The van der Waals surface area contributed by atoms with Crippen LogP contribution in [-0.2, 0) is 45.2 Å². The average Bonchev–Trinajstić information content (AvgIpc) is 1.53. The first kappa shape index (κ1) is 74.2. The minimum absolute atomic E-state index is 0. The van der Waals surface area contributed by atoms with E-state index < -0.39 is 8.59 Å². The zero-order valence-electron chi connectivity index (χ0n) is 56.3. The molecule has 0 amide bonds. The van der Waals surface area contributed by atoms with Crippen molar-refractivity contribution in [2.24, 2.45) is 0 Å². The van der Waals surface area contributed by atoms with E-state index in [0.29, 0.717) is 48.6 Å². The summed E-state index contributed by atoms with van der Waals surface area (Å²) in [4.78, 5) is 42.2. The van der Waals surface area contributed by atoms with E-state index in [9.17, 15) is 0 Å². The summed E-state index contributed by atoms with van der Waals surface area (Å²) in [5.41, 5.74) is 15.0. The van der Waals surface area contributed by atoms with Crippen LogP contribution in [0.25, 0.3) is 142 Å². The van der Waals surface area contributed by atoms with E-state index >= 15 is 0 Å². The standard InChI is InChI=1S/C84H62N8O2.2CHCl3.H2O.Zn/c1-3-13-61-49-62(14-4-2)84(94-48-12-18-54-16-10-46-86-52-54)80(83(61)93-47-11-17-53-15-9-45-85-51-53)79-75-43-41-73(89-75)77-67-21-7-5-19-65(67)55-23-27-57(28-24-55)69-37-33-59-31-32-60-34-38-70(92-82(60)81(59)91-69)58-29-25-56(26-30-58)66-20-6-8-22-68(66)78(74-42-44-76(79)90-74)72-40-36-64(88-72)50-63-35-39-71(77)87-63;2*2-1(3)4;;/h3-10,15-16,19-46,49-52H,1-2,11-14,17-18,47-48H2;2*1H;1H2;/q-2;;;;+2. The molecule has 18 heteroatoms. The quantitative estimate of drug-likeness (QED) is 0.0242. The summed E-state index contributed by atoms with van der Waals surface area (Å²) in [7, 11) is 0. The van der Waals surface area contributed by atoms with Gasteiger partial charge >= 0.3 is 19.5 Å². The molecule has 0 unspecified atom stereocenters. The third kappa shape index (κ3) is 16.7. The van der Waals surface area contributed by atoms with Crippen molar-refractivity contribution in [1.29, 1.82) is 0 Å². The molecular formula is C86H66Cl6N8O3Zn. The number of aryl methyl sites for hydroxylation is 2. The maximum absolute atomic E-state index is 7.32. The SMILES string of the molecule is C=CCc1cc(CC=C)c(OCCCc2cccnc2)c(-[c+]2c3ccc([n-]3)[c+]3c4ccc([cH-]c5ccc([n-]5)[c+](c5ccc2[n-]5)c2ccccc2c2ccc(cc2)c2ccc5ccc6ccc(nc6c5n2)c2ccc(cc2)c2ccccc23)[n-]4)c1OCCCc1cccnc1.ClC(Cl)Cl.ClC(Cl)Cl.O.[Zn+2]. The predicted molar refractivity (Wildman–Crippen MR) is 434 cm³/mol. The predicted octanol–water partition coefficient (Wildman–Crippen LogP) is 22.6. The minimum Gasteiger partial charge on any atom is -0.665 e. The first-order valence-electron chi connectivity index (χ1n) is 33.4. The van der Waals surface area contributed by atoms with Crippen LogP contribution in [0.3, 0.4) is 0 Å². The molecule has 0 spiro atoms. The van der Waals surface area contributed by atoms with Crippen LogP contribution < -0.4 is 29.4 Å². The van der Waals surface area contributed by atoms with E-state index in [1.165, 1.54) is 0 Å². The Bertz CT molecular complexity index is 5640. The van der Waals surface area contributed by atoms with Crippen molar-refractivity contribution in [3.63, 3.8) is 0 Å².